The number of carbonyl (C=O) groups is 1. The highest BCUT2D eigenvalue weighted by atomic mass is 35.5. The van der Waals surface area contributed by atoms with Crippen LogP contribution in [0.5, 0.6) is 0 Å². The number of amides is 1. The first-order chi connectivity index (χ1) is 11.8. The van der Waals surface area contributed by atoms with Crippen LogP contribution in [0.3, 0.4) is 0 Å². The van der Waals surface area contributed by atoms with E-state index < -0.39 is 23.2 Å². The van der Waals surface area contributed by atoms with Crippen molar-refractivity contribution in [1.29, 1.82) is 0 Å². The van der Waals surface area contributed by atoms with Crippen LogP contribution in [-0.2, 0) is 18.9 Å². The fraction of sp³-hybridized carbons (Fsp3) is 0.267. The third-order valence-corrected chi connectivity index (χ3v) is 4.29. The molecule has 0 saturated carbocycles. The number of aromatic nitrogens is 5. The molecular formula is C15H15ClN6O3. The minimum atomic E-state index is -0.758. The highest BCUT2D eigenvalue weighted by Crippen LogP contribution is 2.20. The van der Waals surface area contributed by atoms with Crippen molar-refractivity contribution >= 4 is 34.4 Å². The monoisotopic (exact) mass is 362 g/mol. The summed E-state index contributed by atoms with van der Waals surface area (Å²) in [5.74, 6) is -0.398. The predicted molar refractivity (Wildman–Crippen MR) is 92.8 cm³/mol. The zero-order valence-electron chi connectivity index (χ0n) is 13.7. The molecule has 0 aliphatic carbocycles. The molecule has 9 nitrogen and oxygen atoms in total. The van der Waals surface area contributed by atoms with E-state index in [0.717, 1.165) is 4.57 Å². The molecule has 0 saturated heterocycles. The zero-order chi connectivity index (χ0) is 18.3. The van der Waals surface area contributed by atoms with E-state index in [-0.39, 0.29) is 16.3 Å². The third-order valence-electron chi connectivity index (χ3n) is 3.99. The van der Waals surface area contributed by atoms with Gasteiger partial charge >= 0.3 is 5.69 Å². The lowest BCUT2D eigenvalue weighted by molar-refractivity contribution is -0.118. The number of imidazole rings is 1. The number of anilines is 1. The Labute approximate surface area is 146 Å². The van der Waals surface area contributed by atoms with Gasteiger partial charge in [-0.3, -0.25) is 18.7 Å². The summed E-state index contributed by atoms with van der Waals surface area (Å²) in [7, 11) is 2.89. The summed E-state index contributed by atoms with van der Waals surface area (Å²) in [5.41, 5.74) is -0.251. The number of fused-ring (bicyclic) bond motifs is 1. The second-order valence-corrected chi connectivity index (χ2v) is 5.89. The quantitative estimate of drug-likeness (QED) is 0.690. The molecule has 10 heteroatoms. The van der Waals surface area contributed by atoms with Crippen LogP contribution in [0.2, 0.25) is 5.15 Å². The van der Waals surface area contributed by atoms with Crippen molar-refractivity contribution in [2.45, 2.75) is 13.0 Å². The van der Waals surface area contributed by atoms with Crippen LogP contribution in [-0.4, -0.2) is 29.6 Å². The molecule has 0 spiro atoms. The SMILES string of the molecule is CC(C(=O)Nc1cccnc1Cl)n1cnc2c1c(=O)n(C)c(=O)n2C. The number of hydrogen-bond acceptors (Lipinski definition) is 5. The topological polar surface area (TPSA) is 104 Å². The van der Waals surface area contributed by atoms with E-state index >= 15 is 0 Å². The molecule has 3 heterocycles. The Balaban J connectivity index is 2.05. The number of aryl methyl sites for hydroxylation is 1. The number of nitrogens with one attached hydrogen (secondary N) is 1. The molecule has 130 valence electrons. The zero-order valence-corrected chi connectivity index (χ0v) is 14.5. The van der Waals surface area contributed by atoms with E-state index in [1.807, 2.05) is 0 Å². The molecule has 1 atom stereocenters. The lowest BCUT2D eigenvalue weighted by Crippen LogP contribution is -2.38. The van der Waals surface area contributed by atoms with Crippen molar-refractivity contribution in [2.75, 3.05) is 5.32 Å². The maximum atomic E-state index is 12.5. The smallest absolute Gasteiger partial charge is 0.322 e. The predicted octanol–water partition coefficient (Wildman–Crippen LogP) is 0.682. The second-order valence-electron chi connectivity index (χ2n) is 5.54. The molecule has 1 amide bonds. The van der Waals surface area contributed by atoms with Crippen molar-refractivity contribution in [1.82, 2.24) is 23.7 Å². The van der Waals surface area contributed by atoms with Gasteiger partial charge in [-0.2, -0.15) is 0 Å². The summed E-state index contributed by atoms with van der Waals surface area (Å²) in [6.45, 7) is 1.62. The molecule has 0 aromatic carbocycles. The fourth-order valence-corrected chi connectivity index (χ4v) is 2.67. The van der Waals surface area contributed by atoms with Gasteiger partial charge in [0, 0.05) is 20.3 Å². The van der Waals surface area contributed by atoms with Crippen molar-refractivity contribution in [2.24, 2.45) is 14.1 Å². The van der Waals surface area contributed by atoms with Crippen molar-refractivity contribution in [3.8, 4) is 0 Å². The molecule has 0 bridgehead atoms. The lowest BCUT2D eigenvalue weighted by atomic mass is 10.3. The Morgan fingerprint density at radius 2 is 1.96 bits per heavy atom. The van der Waals surface area contributed by atoms with Crippen LogP contribution >= 0.6 is 11.6 Å². The van der Waals surface area contributed by atoms with Crippen LogP contribution in [0.25, 0.3) is 11.2 Å². The molecule has 3 aromatic heterocycles. The molecule has 0 aliphatic rings. The summed E-state index contributed by atoms with van der Waals surface area (Å²) >= 11 is 5.94. The van der Waals surface area contributed by atoms with Crippen molar-refractivity contribution < 1.29 is 4.79 Å². The average Bonchev–Trinajstić information content (AvgIpc) is 3.04. The first-order valence-corrected chi connectivity index (χ1v) is 7.74. The van der Waals surface area contributed by atoms with Crippen LogP contribution < -0.4 is 16.6 Å². The molecule has 0 radical (unpaired) electrons. The average molecular weight is 363 g/mol. The Bertz CT molecular complexity index is 1100. The molecule has 0 fully saturated rings. The number of halogens is 1. The highest BCUT2D eigenvalue weighted by molar-refractivity contribution is 6.32. The van der Waals surface area contributed by atoms with Gasteiger partial charge in [0.25, 0.3) is 5.56 Å². The maximum Gasteiger partial charge on any atom is 0.332 e. The minimum Gasteiger partial charge on any atom is -0.322 e. The van der Waals surface area contributed by atoms with Crippen LogP contribution in [0.15, 0.2) is 34.2 Å². The van der Waals surface area contributed by atoms with E-state index in [0.29, 0.717) is 5.69 Å². The number of carbonyl (C=O) groups excluding carboxylic acids is 1. The number of nitrogens with zero attached hydrogens (tertiary/aromatic N) is 5. The Morgan fingerprint density at radius 1 is 1.24 bits per heavy atom. The van der Waals surface area contributed by atoms with Gasteiger partial charge in [0.15, 0.2) is 16.3 Å². The number of hydrogen-bond donors (Lipinski definition) is 1. The van der Waals surface area contributed by atoms with Gasteiger partial charge in [-0.25, -0.2) is 14.8 Å². The van der Waals surface area contributed by atoms with Gasteiger partial charge < -0.3 is 9.88 Å². The first-order valence-electron chi connectivity index (χ1n) is 7.37. The summed E-state index contributed by atoms with van der Waals surface area (Å²) in [4.78, 5) is 44.9. The van der Waals surface area contributed by atoms with Gasteiger partial charge in [-0.15, -0.1) is 0 Å². The number of rotatable bonds is 3. The molecule has 25 heavy (non-hydrogen) atoms. The normalized spacial score (nSPS) is 12.3. The standard InChI is InChI=1S/C15H15ClN6O3/c1-8(13(23)19-9-5-4-6-17-11(9)16)22-7-18-12-10(22)14(24)21(3)15(25)20(12)2/h4-8H,1-3H3,(H,19,23). The molecule has 0 aliphatic heterocycles. The Morgan fingerprint density at radius 3 is 2.64 bits per heavy atom. The molecule has 3 rings (SSSR count). The van der Waals surface area contributed by atoms with Crippen LogP contribution in [0.1, 0.15) is 13.0 Å². The summed E-state index contributed by atoms with van der Waals surface area (Å²) in [6, 6.07) is 2.51. The van der Waals surface area contributed by atoms with E-state index in [1.54, 1.807) is 19.1 Å². The van der Waals surface area contributed by atoms with Crippen molar-refractivity contribution in [3.63, 3.8) is 0 Å². The van der Waals surface area contributed by atoms with E-state index in [2.05, 4.69) is 15.3 Å². The van der Waals surface area contributed by atoms with E-state index in [4.69, 9.17) is 11.6 Å². The highest BCUT2D eigenvalue weighted by Gasteiger charge is 2.22. The minimum absolute atomic E-state index is 0.164. The van der Waals surface area contributed by atoms with Gasteiger partial charge in [-0.05, 0) is 19.1 Å². The van der Waals surface area contributed by atoms with Gasteiger partial charge in [0.1, 0.15) is 6.04 Å². The summed E-state index contributed by atoms with van der Waals surface area (Å²) < 4.78 is 3.66. The molecule has 3 aromatic rings. The van der Waals surface area contributed by atoms with Gasteiger partial charge in [-0.1, -0.05) is 11.6 Å². The van der Waals surface area contributed by atoms with Crippen LogP contribution in [0.4, 0.5) is 5.69 Å². The Kier molecular flexibility index (Phi) is 4.17. The second kappa shape index (κ2) is 6.17. The first kappa shape index (κ1) is 16.9. The lowest BCUT2D eigenvalue weighted by Gasteiger charge is -2.15. The van der Waals surface area contributed by atoms with E-state index in [1.165, 1.54) is 35.8 Å². The Hall–Kier alpha value is -2.94. The molecule has 1 N–H and O–H groups in total. The molecule has 1 unspecified atom stereocenters. The largest absolute Gasteiger partial charge is 0.332 e. The van der Waals surface area contributed by atoms with Gasteiger partial charge in [0.05, 0.1) is 12.0 Å². The number of pyridine rings is 1. The maximum absolute atomic E-state index is 12.5. The van der Waals surface area contributed by atoms with E-state index in [9.17, 15) is 14.4 Å². The molecular weight excluding hydrogens is 348 g/mol. The summed E-state index contributed by atoms with van der Waals surface area (Å²) in [5, 5.41) is 2.83. The van der Waals surface area contributed by atoms with Crippen LogP contribution in [0, 0.1) is 0 Å². The van der Waals surface area contributed by atoms with Gasteiger partial charge in [0.2, 0.25) is 5.91 Å². The summed E-state index contributed by atoms with van der Waals surface area (Å²) in [6.07, 6.45) is 2.87. The van der Waals surface area contributed by atoms with Crippen molar-refractivity contribution in [3.05, 3.63) is 50.6 Å². The third kappa shape index (κ3) is 2.72. The fourth-order valence-electron chi connectivity index (χ4n) is 2.50.